The number of hydrogen-bond donors (Lipinski definition) is 0. The number of fused-ring (bicyclic) bond motifs is 1. The van der Waals surface area contributed by atoms with Gasteiger partial charge in [0.1, 0.15) is 11.7 Å². The molecule has 94 valence electrons. The normalized spacial score (nSPS) is 37.0. The number of carbonyl (C=O) groups is 1. The van der Waals surface area contributed by atoms with Crippen LogP contribution in [0, 0.1) is 0 Å². The summed E-state index contributed by atoms with van der Waals surface area (Å²) in [5, 5.41) is 0. The Bertz CT molecular complexity index is 354. The lowest BCUT2D eigenvalue weighted by molar-refractivity contribution is -0.143. The Kier molecular flexibility index (Phi) is 2.74. The molecule has 2 atom stereocenters. The van der Waals surface area contributed by atoms with Crippen LogP contribution in [-0.2, 0) is 14.3 Å². The maximum Gasteiger partial charge on any atom is 0.333 e. The third kappa shape index (κ3) is 2.13. The van der Waals surface area contributed by atoms with Crippen molar-refractivity contribution in [2.75, 3.05) is 0 Å². The van der Waals surface area contributed by atoms with E-state index in [4.69, 9.17) is 9.47 Å². The fourth-order valence-electron chi connectivity index (χ4n) is 3.19. The van der Waals surface area contributed by atoms with Crippen molar-refractivity contribution in [2.45, 2.75) is 69.7 Å². The van der Waals surface area contributed by atoms with Gasteiger partial charge >= 0.3 is 5.97 Å². The molecule has 2 saturated carbocycles. The molecule has 1 heterocycles. The van der Waals surface area contributed by atoms with E-state index in [1.165, 1.54) is 19.3 Å². The highest BCUT2D eigenvalue weighted by molar-refractivity contribution is 5.88. The predicted molar refractivity (Wildman–Crippen MR) is 63.6 cm³/mol. The molecular weight excluding hydrogens is 216 g/mol. The Balaban J connectivity index is 1.59. The second kappa shape index (κ2) is 4.13. The molecule has 3 nitrogen and oxygen atoms in total. The monoisotopic (exact) mass is 236 g/mol. The molecular formula is C14H20O3. The Morgan fingerprint density at radius 3 is 2.65 bits per heavy atom. The molecule has 0 aromatic rings. The van der Waals surface area contributed by atoms with E-state index in [0.29, 0.717) is 6.10 Å². The first kappa shape index (κ1) is 11.3. The van der Waals surface area contributed by atoms with E-state index in [1.807, 2.05) is 13.0 Å². The summed E-state index contributed by atoms with van der Waals surface area (Å²) >= 11 is 0. The summed E-state index contributed by atoms with van der Waals surface area (Å²) in [5.74, 6) is -0.146. The van der Waals surface area contributed by atoms with E-state index in [-0.39, 0.29) is 17.7 Å². The van der Waals surface area contributed by atoms with E-state index in [0.717, 1.165) is 31.3 Å². The van der Waals surface area contributed by atoms with Crippen LogP contribution >= 0.6 is 0 Å². The fourth-order valence-corrected chi connectivity index (χ4v) is 3.19. The van der Waals surface area contributed by atoms with Gasteiger partial charge in [-0.1, -0.05) is 0 Å². The van der Waals surface area contributed by atoms with Crippen molar-refractivity contribution in [1.82, 2.24) is 0 Å². The van der Waals surface area contributed by atoms with E-state index < -0.39 is 0 Å². The van der Waals surface area contributed by atoms with E-state index in [2.05, 4.69) is 0 Å². The minimum Gasteiger partial charge on any atom is -0.459 e. The molecule has 0 spiro atoms. The van der Waals surface area contributed by atoms with Crippen LogP contribution < -0.4 is 0 Å². The summed E-state index contributed by atoms with van der Waals surface area (Å²) in [4.78, 5) is 11.9. The van der Waals surface area contributed by atoms with Gasteiger partial charge in [-0.3, -0.25) is 0 Å². The van der Waals surface area contributed by atoms with E-state index in [1.54, 1.807) is 0 Å². The molecule has 1 aliphatic heterocycles. The molecule has 3 fully saturated rings. The zero-order chi connectivity index (χ0) is 11.9. The van der Waals surface area contributed by atoms with Crippen LogP contribution in [0.15, 0.2) is 11.6 Å². The van der Waals surface area contributed by atoms with E-state index in [9.17, 15) is 4.79 Å². The smallest absolute Gasteiger partial charge is 0.333 e. The highest BCUT2D eigenvalue weighted by atomic mass is 16.6. The molecule has 3 rings (SSSR count). The maximum atomic E-state index is 11.9. The maximum absolute atomic E-state index is 11.9. The first-order chi connectivity index (χ1) is 8.20. The van der Waals surface area contributed by atoms with Crippen LogP contribution in [0.25, 0.3) is 0 Å². The van der Waals surface area contributed by atoms with Gasteiger partial charge in [0, 0.05) is 5.57 Å². The van der Waals surface area contributed by atoms with Gasteiger partial charge in [0.25, 0.3) is 0 Å². The first-order valence-corrected chi connectivity index (χ1v) is 6.78. The highest BCUT2D eigenvalue weighted by Crippen LogP contribution is 2.51. The van der Waals surface area contributed by atoms with Gasteiger partial charge in [0.2, 0.25) is 0 Å². The molecule has 0 aromatic heterocycles. The largest absolute Gasteiger partial charge is 0.459 e. The molecule has 0 aromatic carbocycles. The standard InChI is InChI=1S/C14H20O3/c1-10(9-14-8-4-7-12(14)17-14)13(15)16-11-5-2-3-6-11/h9,11-12H,2-8H2,1H3/b10-9+. The van der Waals surface area contributed by atoms with Crippen LogP contribution in [0.3, 0.4) is 0 Å². The number of epoxide rings is 1. The van der Waals surface area contributed by atoms with Gasteiger partial charge in [-0.2, -0.15) is 0 Å². The van der Waals surface area contributed by atoms with Crippen molar-refractivity contribution in [2.24, 2.45) is 0 Å². The Hall–Kier alpha value is -0.830. The summed E-state index contributed by atoms with van der Waals surface area (Å²) in [7, 11) is 0. The second-order valence-corrected chi connectivity index (χ2v) is 5.59. The summed E-state index contributed by atoms with van der Waals surface area (Å²) in [6.45, 7) is 1.85. The van der Waals surface area contributed by atoms with Gasteiger partial charge in [-0.15, -0.1) is 0 Å². The minimum absolute atomic E-state index is 0.0984. The Morgan fingerprint density at radius 1 is 1.29 bits per heavy atom. The van der Waals surface area contributed by atoms with Gasteiger partial charge < -0.3 is 9.47 Å². The molecule has 3 heteroatoms. The quantitative estimate of drug-likeness (QED) is 0.429. The molecule has 0 radical (unpaired) electrons. The van der Waals surface area contributed by atoms with Crippen LogP contribution in [0.2, 0.25) is 0 Å². The van der Waals surface area contributed by atoms with Gasteiger partial charge in [-0.25, -0.2) is 4.79 Å². The molecule has 17 heavy (non-hydrogen) atoms. The van der Waals surface area contributed by atoms with Crippen molar-refractivity contribution < 1.29 is 14.3 Å². The van der Waals surface area contributed by atoms with Crippen LogP contribution in [0.4, 0.5) is 0 Å². The number of ether oxygens (including phenoxy) is 2. The highest BCUT2D eigenvalue weighted by Gasteiger charge is 2.57. The summed E-state index contributed by atoms with van der Waals surface area (Å²) in [6.07, 6.45) is 10.4. The molecule has 0 N–H and O–H groups in total. The molecule has 0 bridgehead atoms. The van der Waals surface area contributed by atoms with Crippen molar-refractivity contribution in [3.63, 3.8) is 0 Å². The van der Waals surface area contributed by atoms with Gasteiger partial charge in [0.05, 0.1) is 6.10 Å². The summed E-state index contributed by atoms with van der Waals surface area (Å²) in [6, 6.07) is 0. The van der Waals surface area contributed by atoms with Crippen molar-refractivity contribution in [1.29, 1.82) is 0 Å². The average molecular weight is 236 g/mol. The average Bonchev–Trinajstić information content (AvgIpc) is 2.73. The van der Waals surface area contributed by atoms with Crippen LogP contribution in [-0.4, -0.2) is 23.8 Å². The third-order valence-electron chi connectivity index (χ3n) is 4.24. The SMILES string of the molecule is C/C(=C\C12CCCC1O2)C(=O)OC1CCCC1. The van der Waals surface area contributed by atoms with Crippen LogP contribution in [0.5, 0.6) is 0 Å². The number of hydrogen-bond acceptors (Lipinski definition) is 3. The molecule has 2 unspecified atom stereocenters. The minimum atomic E-state index is -0.146. The third-order valence-corrected chi connectivity index (χ3v) is 4.24. The number of rotatable bonds is 3. The van der Waals surface area contributed by atoms with E-state index >= 15 is 0 Å². The Morgan fingerprint density at radius 2 is 2.06 bits per heavy atom. The zero-order valence-corrected chi connectivity index (χ0v) is 10.4. The topological polar surface area (TPSA) is 38.8 Å². The molecule has 0 amide bonds. The molecule has 3 aliphatic rings. The molecule has 2 aliphatic carbocycles. The first-order valence-electron chi connectivity index (χ1n) is 6.78. The Labute approximate surface area is 102 Å². The molecule has 1 saturated heterocycles. The van der Waals surface area contributed by atoms with Gasteiger partial charge in [0.15, 0.2) is 0 Å². The second-order valence-electron chi connectivity index (χ2n) is 5.59. The fraction of sp³-hybridized carbons (Fsp3) is 0.786. The lowest BCUT2D eigenvalue weighted by Gasteiger charge is -2.12. The number of carbonyl (C=O) groups excluding carboxylic acids is 1. The van der Waals surface area contributed by atoms with Crippen molar-refractivity contribution in [3.05, 3.63) is 11.6 Å². The van der Waals surface area contributed by atoms with Crippen molar-refractivity contribution >= 4 is 5.97 Å². The summed E-state index contributed by atoms with van der Waals surface area (Å²) in [5.41, 5.74) is 0.625. The van der Waals surface area contributed by atoms with Crippen molar-refractivity contribution in [3.8, 4) is 0 Å². The summed E-state index contributed by atoms with van der Waals surface area (Å²) < 4.78 is 11.1. The van der Waals surface area contributed by atoms with Gasteiger partial charge in [-0.05, 0) is 57.9 Å². The predicted octanol–water partition coefficient (Wildman–Crippen LogP) is 2.74. The number of esters is 1. The lowest BCUT2D eigenvalue weighted by Crippen LogP contribution is -2.17. The zero-order valence-electron chi connectivity index (χ0n) is 10.4. The lowest BCUT2D eigenvalue weighted by atomic mass is 10.0. The van der Waals surface area contributed by atoms with Crippen LogP contribution in [0.1, 0.15) is 51.9 Å².